The van der Waals surface area contributed by atoms with Gasteiger partial charge in [0.1, 0.15) is 5.69 Å². The second-order valence-corrected chi connectivity index (χ2v) is 3.29. The van der Waals surface area contributed by atoms with Gasteiger partial charge in [0.15, 0.2) is 0 Å². The Morgan fingerprint density at radius 1 is 1.75 bits per heavy atom. The van der Waals surface area contributed by atoms with Gasteiger partial charge in [0, 0.05) is 0 Å². The fourth-order valence-corrected chi connectivity index (χ4v) is 1.34. The van der Waals surface area contributed by atoms with Gasteiger partial charge in [-0.05, 0) is 12.3 Å². The maximum absolute atomic E-state index is 5.41. The maximum atomic E-state index is 5.41. The molecule has 12 heavy (non-hydrogen) atoms. The van der Waals surface area contributed by atoms with Gasteiger partial charge in [-0.15, -0.1) is 0 Å². The Labute approximate surface area is 70.7 Å². The topological polar surface area (TPSA) is 79.6 Å². The Balaban J connectivity index is 1.97. The highest BCUT2D eigenvalue weighted by Gasteiger charge is 2.26. The third-order valence-corrected chi connectivity index (χ3v) is 2.26. The van der Waals surface area contributed by atoms with Crippen LogP contribution in [0.25, 0.3) is 0 Å². The largest absolute Gasteiger partial charge is 0.271 e. The highest BCUT2D eigenvalue weighted by atomic mass is 15.3. The van der Waals surface area contributed by atoms with E-state index in [0.717, 1.165) is 18.0 Å². The molecule has 0 spiro atoms. The third-order valence-electron chi connectivity index (χ3n) is 2.26. The molecule has 1 unspecified atom stereocenters. The van der Waals surface area contributed by atoms with E-state index >= 15 is 0 Å². The molecule has 0 aromatic carbocycles. The lowest BCUT2D eigenvalue weighted by molar-refractivity contribution is 0.476. The first-order valence-electron chi connectivity index (χ1n) is 4.22. The summed E-state index contributed by atoms with van der Waals surface area (Å²) in [5.41, 5.74) is 3.66. The zero-order valence-electron chi connectivity index (χ0n) is 6.83. The Kier molecular flexibility index (Phi) is 2.05. The Morgan fingerprint density at radius 3 is 3.08 bits per heavy atom. The van der Waals surface area contributed by atoms with Crippen molar-refractivity contribution in [2.75, 3.05) is 0 Å². The van der Waals surface area contributed by atoms with Crippen LogP contribution in [0, 0.1) is 5.92 Å². The van der Waals surface area contributed by atoms with Crippen LogP contribution in [0.15, 0.2) is 6.20 Å². The van der Waals surface area contributed by atoms with Crippen LogP contribution in [0.4, 0.5) is 0 Å². The van der Waals surface area contributed by atoms with Crippen molar-refractivity contribution < 1.29 is 0 Å². The van der Waals surface area contributed by atoms with E-state index in [2.05, 4.69) is 20.8 Å². The summed E-state index contributed by atoms with van der Waals surface area (Å²) in [6.07, 6.45) is 5.45. The lowest BCUT2D eigenvalue weighted by Crippen LogP contribution is -2.28. The number of hydrogen-bond acceptors (Lipinski definition) is 4. The Hall–Kier alpha value is -0.940. The number of H-pyrrole nitrogens is 1. The van der Waals surface area contributed by atoms with Crippen LogP contribution < -0.4 is 11.3 Å². The van der Waals surface area contributed by atoms with E-state index in [1.54, 1.807) is 6.20 Å². The molecule has 0 amide bonds. The van der Waals surface area contributed by atoms with Crippen molar-refractivity contribution in [1.82, 2.24) is 20.8 Å². The Morgan fingerprint density at radius 2 is 2.58 bits per heavy atom. The van der Waals surface area contributed by atoms with Crippen molar-refractivity contribution in [3.63, 3.8) is 0 Å². The van der Waals surface area contributed by atoms with E-state index in [9.17, 15) is 0 Å². The van der Waals surface area contributed by atoms with Gasteiger partial charge in [-0.3, -0.25) is 11.3 Å². The molecule has 0 bridgehead atoms. The van der Waals surface area contributed by atoms with Crippen LogP contribution in [0.3, 0.4) is 0 Å². The molecule has 0 saturated heterocycles. The van der Waals surface area contributed by atoms with Gasteiger partial charge in [0.05, 0.1) is 12.2 Å². The summed E-state index contributed by atoms with van der Waals surface area (Å²) in [7, 11) is 0. The predicted octanol–water partition coefficient (Wildman–Crippen LogP) is 0.109. The molecule has 4 N–H and O–H groups in total. The van der Waals surface area contributed by atoms with E-state index in [1.807, 2.05) is 0 Å². The minimum Gasteiger partial charge on any atom is -0.271 e. The van der Waals surface area contributed by atoms with Crippen LogP contribution >= 0.6 is 0 Å². The van der Waals surface area contributed by atoms with Gasteiger partial charge in [0.2, 0.25) is 0 Å². The molecule has 0 aliphatic heterocycles. The first-order valence-corrected chi connectivity index (χ1v) is 4.22. The molecule has 1 saturated carbocycles. The van der Waals surface area contributed by atoms with Crippen molar-refractivity contribution in [3.8, 4) is 0 Å². The van der Waals surface area contributed by atoms with Crippen LogP contribution in [0.2, 0.25) is 0 Å². The molecule has 1 aromatic heterocycles. The van der Waals surface area contributed by atoms with Crippen molar-refractivity contribution >= 4 is 0 Å². The molecule has 2 rings (SSSR count). The highest BCUT2D eigenvalue weighted by Crippen LogP contribution is 2.36. The van der Waals surface area contributed by atoms with Gasteiger partial charge in [-0.1, -0.05) is 12.8 Å². The highest BCUT2D eigenvalue weighted by molar-refractivity contribution is 5.00. The lowest BCUT2D eigenvalue weighted by atomic mass is 10.1. The van der Waals surface area contributed by atoms with E-state index in [0.29, 0.717) is 0 Å². The quantitative estimate of drug-likeness (QED) is 0.439. The second kappa shape index (κ2) is 3.20. The smallest absolute Gasteiger partial charge is 0.101 e. The molecule has 1 fully saturated rings. The fraction of sp³-hybridized carbons (Fsp3) is 0.714. The number of hydrazine groups is 1. The number of rotatable bonds is 4. The minimum absolute atomic E-state index is 0.163. The third kappa shape index (κ3) is 1.62. The number of nitrogens with zero attached hydrogens (tertiary/aromatic N) is 2. The first-order chi connectivity index (χ1) is 5.90. The molecule has 66 valence electrons. The summed E-state index contributed by atoms with van der Waals surface area (Å²) in [5, 5.41) is 10.3. The van der Waals surface area contributed by atoms with Crippen LogP contribution in [0.1, 0.15) is 31.0 Å². The van der Waals surface area contributed by atoms with Crippen LogP contribution in [-0.2, 0) is 0 Å². The predicted molar refractivity (Wildman–Crippen MR) is 43.8 cm³/mol. The summed E-state index contributed by atoms with van der Waals surface area (Å²) in [6.45, 7) is 0. The average molecular weight is 167 g/mol. The van der Waals surface area contributed by atoms with Crippen molar-refractivity contribution in [3.05, 3.63) is 11.9 Å². The first kappa shape index (κ1) is 7.70. The van der Waals surface area contributed by atoms with E-state index in [4.69, 9.17) is 5.84 Å². The van der Waals surface area contributed by atoms with Crippen molar-refractivity contribution in [2.24, 2.45) is 11.8 Å². The van der Waals surface area contributed by atoms with Crippen LogP contribution in [-0.4, -0.2) is 15.4 Å². The maximum Gasteiger partial charge on any atom is 0.101 e. The summed E-state index contributed by atoms with van der Waals surface area (Å²) in [6, 6.07) is 0.163. The molecule has 1 atom stereocenters. The molecular formula is C7H13N5. The summed E-state index contributed by atoms with van der Waals surface area (Å²) in [4.78, 5) is 0. The van der Waals surface area contributed by atoms with Gasteiger partial charge >= 0.3 is 0 Å². The summed E-state index contributed by atoms with van der Waals surface area (Å²) in [5.74, 6) is 6.24. The number of aromatic amines is 1. The fourth-order valence-electron chi connectivity index (χ4n) is 1.34. The number of aromatic nitrogens is 3. The zero-order valence-corrected chi connectivity index (χ0v) is 6.83. The molecule has 1 aromatic rings. The average Bonchev–Trinajstić information content (AvgIpc) is 2.74. The monoisotopic (exact) mass is 167 g/mol. The van der Waals surface area contributed by atoms with Gasteiger partial charge in [0.25, 0.3) is 0 Å². The molecule has 1 aliphatic carbocycles. The van der Waals surface area contributed by atoms with Crippen LogP contribution in [0.5, 0.6) is 0 Å². The zero-order chi connectivity index (χ0) is 8.39. The normalized spacial score (nSPS) is 19.4. The summed E-state index contributed by atoms with van der Waals surface area (Å²) < 4.78 is 0. The number of nitrogens with two attached hydrogens (primary N) is 1. The number of hydrogen-bond donors (Lipinski definition) is 3. The lowest BCUT2D eigenvalue weighted by Gasteiger charge is -2.11. The van der Waals surface area contributed by atoms with Gasteiger partial charge < -0.3 is 0 Å². The minimum atomic E-state index is 0.163. The standard InChI is InChI=1S/C7H13N5/c8-10-6(3-5-1-2-5)7-4-9-12-11-7/h4-6,10H,1-3,8H2,(H,9,11,12). The summed E-state index contributed by atoms with van der Waals surface area (Å²) >= 11 is 0. The number of nitrogens with one attached hydrogen (secondary N) is 2. The molecular weight excluding hydrogens is 154 g/mol. The molecule has 0 radical (unpaired) electrons. The van der Waals surface area contributed by atoms with E-state index in [1.165, 1.54) is 12.8 Å². The molecule has 5 heteroatoms. The second-order valence-electron chi connectivity index (χ2n) is 3.29. The molecule has 5 nitrogen and oxygen atoms in total. The molecule has 1 heterocycles. The SMILES string of the molecule is NNC(CC1CC1)c1cn[nH]n1. The Bertz CT molecular complexity index is 228. The van der Waals surface area contributed by atoms with Gasteiger partial charge in [-0.25, -0.2) is 0 Å². The van der Waals surface area contributed by atoms with E-state index in [-0.39, 0.29) is 6.04 Å². The van der Waals surface area contributed by atoms with Crippen molar-refractivity contribution in [1.29, 1.82) is 0 Å². The van der Waals surface area contributed by atoms with Crippen molar-refractivity contribution in [2.45, 2.75) is 25.3 Å². The molecule has 1 aliphatic rings. The van der Waals surface area contributed by atoms with Gasteiger partial charge in [-0.2, -0.15) is 15.4 Å². The van der Waals surface area contributed by atoms with E-state index < -0.39 is 0 Å².